The highest BCUT2D eigenvalue weighted by molar-refractivity contribution is 5.98. The lowest BCUT2D eigenvalue weighted by atomic mass is 10.00. The Morgan fingerprint density at radius 3 is 2.03 bits per heavy atom. The zero-order valence-corrected chi connectivity index (χ0v) is 20.9. The van der Waals surface area contributed by atoms with Crippen molar-refractivity contribution in [2.24, 2.45) is 0 Å². The summed E-state index contributed by atoms with van der Waals surface area (Å²) in [6.45, 7) is 0.0656. The third kappa shape index (κ3) is 6.30. The van der Waals surface area contributed by atoms with Crippen LogP contribution in [0.5, 0.6) is 0 Å². The van der Waals surface area contributed by atoms with Gasteiger partial charge in [0.05, 0.1) is 13.0 Å². The van der Waals surface area contributed by atoms with Crippen molar-refractivity contribution >= 4 is 29.3 Å². The van der Waals surface area contributed by atoms with Gasteiger partial charge in [-0.25, -0.2) is 9.18 Å². The number of anilines is 2. The number of para-hydroxylation sites is 1. The maximum atomic E-state index is 13.5. The van der Waals surface area contributed by atoms with Gasteiger partial charge in [0.25, 0.3) is 5.91 Å². The molecule has 0 aromatic heterocycles. The highest BCUT2D eigenvalue weighted by Gasteiger charge is 2.47. The summed E-state index contributed by atoms with van der Waals surface area (Å²) in [7, 11) is 0. The molecular weight excluding hydrogens is 497 g/mol. The minimum Gasteiger partial charge on any atom is -0.438 e. The molecule has 0 radical (unpaired) electrons. The molecule has 1 aliphatic heterocycles. The number of benzene rings is 4. The van der Waals surface area contributed by atoms with Crippen LogP contribution < -0.4 is 10.6 Å². The predicted molar refractivity (Wildman–Crippen MR) is 145 cm³/mol. The van der Waals surface area contributed by atoms with E-state index in [1.807, 2.05) is 36.4 Å². The number of carbonyl (C=O) groups excluding carboxylic acids is 3. The Kier molecular flexibility index (Phi) is 7.63. The van der Waals surface area contributed by atoms with Crippen LogP contribution in [0.4, 0.5) is 20.6 Å². The fraction of sp³-hybridized carbons (Fsp3) is 0.129. The number of rotatable bonds is 8. The Balaban J connectivity index is 1.35. The van der Waals surface area contributed by atoms with Gasteiger partial charge in [0.2, 0.25) is 5.91 Å². The number of cyclic esters (lactones) is 1. The van der Waals surface area contributed by atoms with E-state index in [0.29, 0.717) is 22.5 Å². The number of ether oxygens (including phenoxy) is 1. The SMILES string of the molecule is O=C(Cc1ccccc1)Nc1ccc([C@@H]2OC(=O)N(Cc3ccc(F)cc3)[C@@H]2C(=O)Nc2ccccc2)cc1. The predicted octanol–water partition coefficient (Wildman–Crippen LogP) is 5.71. The number of nitrogens with zero attached hydrogens (tertiary/aromatic N) is 1. The Hall–Kier alpha value is -4.98. The van der Waals surface area contributed by atoms with Crippen molar-refractivity contribution in [3.8, 4) is 0 Å². The third-order valence-electron chi connectivity index (χ3n) is 6.39. The largest absolute Gasteiger partial charge is 0.438 e. The van der Waals surface area contributed by atoms with Crippen molar-refractivity contribution in [3.63, 3.8) is 0 Å². The standard InChI is InChI=1S/C31H26FN3O4/c32-24-15-11-22(12-16-24)20-35-28(30(37)34-25-9-5-2-6-10-25)29(39-31(35)38)23-13-17-26(18-14-23)33-27(36)19-21-7-3-1-4-8-21/h1-18,28-29H,19-20H2,(H,33,36)(H,34,37)/t28-,29-/m0/s1. The van der Waals surface area contributed by atoms with Gasteiger partial charge in [-0.05, 0) is 53.1 Å². The first kappa shape index (κ1) is 25.7. The summed E-state index contributed by atoms with van der Waals surface area (Å²) in [6, 6.07) is 30.0. The van der Waals surface area contributed by atoms with E-state index in [0.717, 1.165) is 5.56 Å². The Labute approximate surface area is 225 Å². The first-order chi connectivity index (χ1) is 19.0. The average Bonchev–Trinajstić information content (AvgIpc) is 3.27. The zero-order chi connectivity index (χ0) is 27.2. The first-order valence-corrected chi connectivity index (χ1v) is 12.5. The summed E-state index contributed by atoms with van der Waals surface area (Å²) in [5, 5.41) is 5.72. The number of hydrogen-bond donors (Lipinski definition) is 2. The molecule has 39 heavy (non-hydrogen) atoms. The molecule has 4 aromatic carbocycles. The zero-order valence-electron chi connectivity index (χ0n) is 20.9. The van der Waals surface area contributed by atoms with Crippen molar-refractivity contribution in [2.75, 3.05) is 10.6 Å². The molecule has 1 fully saturated rings. The molecule has 0 bridgehead atoms. The number of amides is 3. The number of halogens is 1. The summed E-state index contributed by atoms with van der Waals surface area (Å²) < 4.78 is 19.1. The summed E-state index contributed by atoms with van der Waals surface area (Å²) in [4.78, 5) is 40.3. The Morgan fingerprint density at radius 1 is 0.744 bits per heavy atom. The Bertz CT molecular complexity index is 1450. The van der Waals surface area contributed by atoms with E-state index in [2.05, 4.69) is 10.6 Å². The van der Waals surface area contributed by atoms with Crippen molar-refractivity contribution < 1.29 is 23.5 Å². The molecule has 2 atom stereocenters. The van der Waals surface area contributed by atoms with Crippen LogP contribution in [-0.4, -0.2) is 28.8 Å². The van der Waals surface area contributed by atoms with E-state index in [-0.39, 0.29) is 18.9 Å². The summed E-state index contributed by atoms with van der Waals surface area (Å²) in [5.74, 6) is -0.971. The lowest BCUT2D eigenvalue weighted by molar-refractivity contribution is -0.121. The molecule has 3 amide bonds. The van der Waals surface area contributed by atoms with Crippen LogP contribution in [0.3, 0.4) is 0 Å². The molecule has 1 aliphatic rings. The molecule has 1 heterocycles. The fourth-order valence-electron chi connectivity index (χ4n) is 4.48. The van der Waals surface area contributed by atoms with E-state index in [9.17, 15) is 18.8 Å². The number of carbonyl (C=O) groups is 3. The topological polar surface area (TPSA) is 87.7 Å². The minimum absolute atomic E-state index is 0.0656. The molecule has 4 aromatic rings. The van der Waals surface area contributed by atoms with Crippen LogP contribution in [0.1, 0.15) is 22.8 Å². The van der Waals surface area contributed by atoms with Crippen molar-refractivity contribution in [1.82, 2.24) is 4.90 Å². The van der Waals surface area contributed by atoms with Crippen LogP contribution in [0, 0.1) is 5.82 Å². The van der Waals surface area contributed by atoms with Crippen LogP contribution in [0.25, 0.3) is 0 Å². The lowest BCUT2D eigenvalue weighted by Gasteiger charge is -2.24. The molecule has 1 saturated heterocycles. The molecule has 5 rings (SSSR count). The van der Waals surface area contributed by atoms with Crippen LogP contribution in [0.2, 0.25) is 0 Å². The molecular formula is C31H26FN3O4. The lowest BCUT2D eigenvalue weighted by Crippen LogP contribution is -2.43. The quantitative estimate of drug-likeness (QED) is 0.310. The van der Waals surface area contributed by atoms with Crippen molar-refractivity contribution in [3.05, 3.63) is 132 Å². The average molecular weight is 524 g/mol. The van der Waals surface area contributed by atoms with Gasteiger partial charge in [-0.15, -0.1) is 0 Å². The molecule has 8 heteroatoms. The molecule has 196 valence electrons. The maximum Gasteiger partial charge on any atom is 0.411 e. The van der Waals surface area contributed by atoms with Gasteiger partial charge in [0.15, 0.2) is 12.1 Å². The van der Waals surface area contributed by atoms with Gasteiger partial charge in [-0.3, -0.25) is 14.5 Å². The molecule has 7 nitrogen and oxygen atoms in total. The number of hydrogen-bond acceptors (Lipinski definition) is 4. The smallest absolute Gasteiger partial charge is 0.411 e. The monoisotopic (exact) mass is 523 g/mol. The fourth-order valence-corrected chi connectivity index (χ4v) is 4.48. The van der Waals surface area contributed by atoms with Gasteiger partial charge >= 0.3 is 6.09 Å². The first-order valence-electron chi connectivity index (χ1n) is 12.5. The van der Waals surface area contributed by atoms with E-state index in [1.165, 1.54) is 17.0 Å². The van der Waals surface area contributed by atoms with E-state index < -0.39 is 30.0 Å². The maximum absolute atomic E-state index is 13.5. The van der Waals surface area contributed by atoms with Gasteiger partial charge in [-0.2, -0.15) is 0 Å². The molecule has 0 aliphatic carbocycles. The second kappa shape index (κ2) is 11.6. The van der Waals surface area contributed by atoms with Gasteiger partial charge in [0, 0.05) is 11.4 Å². The third-order valence-corrected chi connectivity index (χ3v) is 6.39. The second-order valence-electron chi connectivity index (χ2n) is 9.19. The van der Waals surface area contributed by atoms with Crippen molar-refractivity contribution in [1.29, 1.82) is 0 Å². The summed E-state index contributed by atoms with van der Waals surface area (Å²) in [6.07, 6.45) is -1.31. The van der Waals surface area contributed by atoms with Crippen LogP contribution >= 0.6 is 0 Å². The minimum atomic E-state index is -0.985. The van der Waals surface area contributed by atoms with Crippen LogP contribution in [0.15, 0.2) is 109 Å². The summed E-state index contributed by atoms with van der Waals surface area (Å²) in [5.41, 5.74) is 3.32. The van der Waals surface area contributed by atoms with Crippen molar-refractivity contribution in [2.45, 2.75) is 25.1 Å². The van der Waals surface area contributed by atoms with E-state index in [4.69, 9.17) is 4.74 Å². The van der Waals surface area contributed by atoms with E-state index in [1.54, 1.807) is 60.7 Å². The normalized spacial score (nSPS) is 16.4. The number of nitrogens with one attached hydrogen (secondary N) is 2. The highest BCUT2D eigenvalue weighted by atomic mass is 19.1. The molecule has 0 spiro atoms. The van der Waals surface area contributed by atoms with Crippen LogP contribution in [-0.2, 0) is 27.3 Å². The van der Waals surface area contributed by atoms with Gasteiger partial charge in [-0.1, -0.05) is 72.8 Å². The van der Waals surface area contributed by atoms with Gasteiger partial charge in [0.1, 0.15) is 5.82 Å². The second-order valence-corrected chi connectivity index (χ2v) is 9.19. The van der Waals surface area contributed by atoms with Gasteiger partial charge < -0.3 is 15.4 Å². The molecule has 0 saturated carbocycles. The Morgan fingerprint density at radius 2 is 1.36 bits per heavy atom. The molecule has 0 unspecified atom stereocenters. The van der Waals surface area contributed by atoms with E-state index >= 15 is 0 Å². The summed E-state index contributed by atoms with van der Waals surface area (Å²) >= 11 is 0. The highest BCUT2D eigenvalue weighted by Crippen LogP contribution is 2.35. The molecule has 2 N–H and O–H groups in total.